The SMILES string of the molecule is COc1cc(C=O)cc2c1O[C@@H]1[C@@H](O)[C@H](N(Cc3ccc(F)cc3)C(=O)C3CCOC3)C=C(C(=O)NCCO)[C@H]21. The van der Waals surface area contributed by atoms with Crippen LogP contribution in [-0.2, 0) is 20.9 Å². The van der Waals surface area contributed by atoms with Gasteiger partial charge in [0.1, 0.15) is 24.3 Å². The number of methoxy groups -OCH3 is 1. The number of ether oxygens (including phenoxy) is 3. The summed E-state index contributed by atoms with van der Waals surface area (Å²) in [5.74, 6) is -1.85. The molecule has 2 heterocycles. The number of carbonyl (C=O) groups excluding carboxylic acids is 3. The lowest BCUT2D eigenvalue weighted by molar-refractivity contribution is -0.142. The summed E-state index contributed by atoms with van der Waals surface area (Å²) in [5.41, 5.74) is 1.66. The van der Waals surface area contributed by atoms with Gasteiger partial charge in [-0.3, -0.25) is 14.4 Å². The lowest BCUT2D eigenvalue weighted by Crippen LogP contribution is -2.56. The zero-order valence-corrected chi connectivity index (χ0v) is 21.9. The molecule has 0 saturated carbocycles. The molecular formula is C29H31FN2O8. The number of benzene rings is 2. The number of halogens is 1. The Morgan fingerprint density at radius 3 is 2.67 bits per heavy atom. The van der Waals surface area contributed by atoms with E-state index >= 15 is 0 Å². The number of hydrogen-bond donors (Lipinski definition) is 3. The predicted octanol–water partition coefficient (Wildman–Crippen LogP) is 1.33. The van der Waals surface area contributed by atoms with Gasteiger partial charge in [0.05, 0.1) is 38.2 Å². The van der Waals surface area contributed by atoms with Gasteiger partial charge in [-0.15, -0.1) is 0 Å². The molecule has 5 atom stereocenters. The molecule has 2 aromatic rings. The number of aldehydes is 1. The van der Waals surface area contributed by atoms with Gasteiger partial charge in [-0.1, -0.05) is 12.1 Å². The van der Waals surface area contributed by atoms with E-state index in [2.05, 4.69) is 5.32 Å². The Morgan fingerprint density at radius 2 is 2.02 bits per heavy atom. The number of carbonyl (C=O) groups is 3. The highest BCUT2D eigenvalue weighted by molar-refractivity contribution is 5.96. The molecule has 0 spiro atoms. The summed E-state index contributed by atoms with van der Waals surface area (Å²) in [5, 5.41) is 23.7. The molecule has 1 fully saturated rings. The third-order valence-electron chi connectivity index (χ3n) is 7.60. The van der Waals surface area contributed by atoms with E-state index in [1.165, 1.54) is 30.2 Å². The van der Waals surface area contributed by atoms with Crippen LogP contribution in [0.1, 0.15) is 33.8 Å². The van der Waals surface area contributed by atoms with Gasteiger partial charge in [-0.25, -0.2) is 4.39 Å². The van der Waals surface area contributed by atoms with Gasteiger partial charge in [0, 0.05) is 36.4 Å². The number of fused-ring (bicyclic) bond motifs is 3. The van der Waals surface area contributed by atoms with Gasteiger partial charge in [0.15, 0.2) is 11.5 Å². The third-order valence-corrected chi connectivity index (χ3v) is 7.60. The molecule has 10 nitrogen and oxygen atoms in total. The minimum absolute atomic E-state index is 0.0101. The molecule has 5 rings (SSSR count). The summed E-state index contributed by atoms with van der Waals surface area (Å²) in [6.07, 6.45) is 0.449. The molecule has 3 aliphatic rings. The zero-order valence-electron chi connectivity index (χ0n) is 21.9. The van der Waals surface area contributed by atoms with Gasteiger partial charge in [0.2, 0.25) is 11.8 Å². The predicted molar refractivity (Wildman–Crippen MR) is 139 cm³/mol. The van der Waals surface area contributed by atoms with Crippen LogP contribution in [0.25, 0.3) is 0 Å². The van der Waals surface area contributed by atoms with Crippen molar-refractivity contribution in [3.05, 3.63) is 70.6 Å². The number of hydrogen-bond acceptors (Lipinski definition) is 8. The standard InChI is InChI=1S/C29H31FN2O8/c1-38-23-11-17(14-34)10-20-24-21(28(36)31-7-8-33)12-22(25(35)27(24)40-26(20)23)32(29(37)18-6-9-39-15-18)13-16-2-4-19(30)5-3-16/h2-5,10-12,14,18,22,24-25,27,33,35H,6-9,13,15H2,1H3,(H,31,36)/t18?,22-,24+,25+,27+/m1/s1. The first-order valence-corrected chi connectivity index (χ1v) is 13.1. The molecule has 1 aliphatic carbocycles. The van der Waals surface area contributed by atoms with Crippen LogP contribution in [-0.4, -0.2) is 84.9 Å². The average molecular weight is 555 g/mol. The van der Waals surface area contributed by atoms with E-state index in [0.29, 0.717) is 41.8 Å². The largest absolute Gasteiger partial charge is 0.493 e. The Labute approximate surface area is 230 Å². The lowest BCUT2D eigenvalue weighted by Gasteiger charge is -2.41. The normalized spacial score (nSPS) is 24.8. The van der Waals surface area contributed by atoms with E-state index in [-0.39, 0.29) is 43.5 Å². The van der Waals surface area contributed by atoms with Crippen molar-refractivity contribution in [1.29, 1.82) is 0 Å². The summed E-state index contributed by atoms with van der Waals surface area (Å²) in [6, 6.07) is 7.82. The van der Waals surface area contributed by atoms with E-state index in [4.69, 9.17) is 14.2 Å². The number of aliphatic hydroxyl groups is 2. The third kappa shape index (κ3) is 5.19. The molecule has 1 saturated heterocycles. The molecule has 2 aliphatic heterocycles. The van der Waals surface area contributed by atoms with Gasteiger partial charge < -0.3 is 34.6 Å². The summed E-state index contributed by atoms with van der Waals surface area (Å²) < 4.78 is 30.7. The van der Waals surface area contributed by atoms with Crippen LogP contribution in [0.4, 0.5) is 4.39 Å². The van der Waals surface area contributed by atoms with Gasteiger partial charge in [0.25, 0.3) is 0 Å². The van der Waals surface area contributed by atoms with Crippen LogP contribution in [0.3, 0.4) is 0 Å². The maximum Gasteiger partial charge on any atom is 0.247 e. The van der Waals surface area contributed by atoms with Crippen molar-refractivity contribution in [1.82, 2.24) is 10.2 Å². The molecule has 2 aromatic carbocycles. The Morgan fingerprint density at radius 1 is 1.25 bits per heavy atom. The van der Waals surface area contributed by atoms with Crippen LogP contribution < -0.4 is 14.8 Å². The number of rotatable bonds is 9. The van der Waals surface area contributed by atoms with Gasteiger partial charge in [-0.2, -0.15) is 0 Å². The molecule has 0 aromatic heterocycles. The van der Waals surface area contributed by atoms with Gasteiger partial charge >= 0.3 is 0 Å². The van der Waals surface area contributed by atoms with Crippen molar-refractivity contribution in [2.75, 3.05) is 33.5 Å². The van der Waals surface area contributed by atoms with Gasteiger partial charge in [-0.05, 0) is 42.3 Å². The summed E-state index contributed by atoms with van der Waals surface area (Å²) in [4.78, 5) is 40.4. The molecular weight excluding hydrogens is 523 g/mol. The van der Waals surface area contributed by atoms with Crippen LogP contribution in [0.15, 0.2) is 48.0 Å². The number of amides is 2. The van der Waals surface area contributed by atoms with Crippen LogP contribution in [0.2, 0.25) is 0 Å². The van der Waals surface area contributed by atoms with E-state index in [9.17, 15) is 29.0 Å². The molecule has 0 radical (unpaired) electrons. The molecule has 3 N–H and O–H groups in total. The minimum atomic E-state index is -1.28. The number of nitrogens with one attached hydrogen (secondary N) is 1. The fourth-order valence-electron chi connectivity index (χ4n) is 5.64. The van der Waals surface area contributed by atoms with Crippen LogP contribution in [0, 0.1) is 11.7 Å². The molecule has 2 amide bonds. The van der Waals surface area contributed by atoms with E-state index in [1.807, 2.05) is 0 Å². The Balaban J connectivity index is 1.60. The second-order valence-corrected chi connectivity index (χ2v) is 10.1. The number of nitrogens with zero attached hydrogens (tertiary/aromatic N) is 1. The van der Waals surface area contributed by atoms with Crippen molar-refractivity contribution in [3.8, 4) is 11.5 Å². The molecule has 0 bridgehead atoms. The van der Waals surface area contributed by atoms with Crippen molar-refractivity contribution >= 4 is 18.1 Å². The highest BCUT2D eigenvalue weighted by Gasteiger charge is 2.52. The van der Waals surface area contributed by atoms with E-state index in [1.54, 1.807) is 24.3 Å². The topological polar surface area (TPSA) is 135 Å². The maximum atomic E-state index is 13.8. The fraction of sp³-hybridized carbons (Fsp3) is 0.414. The quantitative estimate of drug-likeness (QED) is 0.396. The zero-order chi connectivity index (χ0) is 28.4. The lowest BCUT2D eigenvalue weighted by atomic mass is 9.77. The first-order chi connectivity index (χ1) is 19.4. The van der Waals surface area contributed by atoms with E-state index < -0.39 is 41.8 Å². The Bertz CT molecular complexity index is 1310. The molecule has 11 heteroatoms. The molecule has 212 valence electrons. The summed E-state index contributed by atoms with van der Waals surface area (Å²) >= 11 is 0. The van der Waals surface area contributed by atoms with Crippen molar-refractivity contribution in [3.63, 3.8) is 0 Å². The van der Waals surface area contributed by atoms with Crippen molar-refractivity contribution < 1.29 is 43.2 Å². The van der Waals surface area contributed by atoms with Crippen LogP contribution in [0.5, 0.6) is 11.5 Å². The molecule has 40 heavy (non-hydrogen) atoms. The monoisotopic (exact) mass is 554 g/mol. The average Bonchev–Trinajstić information content (AvgIpc) is 3.64. The second kappa shape index (κ2) is 11.7. The highest BCUT2D eigenvalue weighted by Crippen LogP contribution is 2.51. The number of aliphatic hydroxyl groups excluding tert-OH is 2. The second-order valence-electron chi connectivity index (χ2n) is 10.1. The molecule has 1 unspecified atom stereocenters. The highest BCUT2D eigenvalue weighted by atomic mass is 19.1. The van der Waals surface area contributed by atoms with Crippen molar-refractivity contribution in [2.24, 2.45) is 5.92 Å². The Kier molecular flexibility index (Phi) is 8.15. The first-order valence-electron chi connectivity index (χ1n) is 13.1. The minimum Gasteiger partial charge on any atom is -0.493 e. The fourth-order valence-corrected chi connectivity index (χ4v) is 5.64. The smallest absolute Gasteiger partial charge is 0.247 e. The summed E-state index contributed by atoms with van der Waals surface area (Å²) in [6.45, 7) is 0.411. The summed E-state index contributed by atoms with van der Waals surface area (Å²) in [7, 11) is 1.42. The van der Waals surface area contributed by atoms with Crippen molar-refractivity contribution in [2.45, 2.75) is 37.1 Å². The Hall–Kier alpha value is -3.80. The maximum absolute atomic E-state index is 13.8. The first kappa shape index (κ1) is 27.8. The van der Waals surface area contributed by atoms with E-state index in [0.717, 1.165) is 0 Å². The van der Waals surface area contributed by atoms with Crippen LogP contribution >= 0.6 is 0 Å².